The molecule has 33 heavy (non-hydrogen) atoms. The van der Waals surface area contributed by atoms with Crippen LogP contribution < -0.4 is 5.32 Å². The minimum absolute atomic E-state index is 0.0273. The standard InChI is InChI=1S/C23H30N4O6/c1-4-17-12-16(13-18(25-17)6-5-9-24-22(29)32-3)15(2)27(19-7-8-19)21(28)20-14-26(23(30)31)10-11-33-20/h4-6,12-13,15,19-20H,1,7-11,14H2,2-3H3,(H,24,29)(H,30,31)/t15?,20-/m1/s1. The Morgan fingerprint density at radius 3 is 2.76 bits per heavy atom. The number of ether oxygens (including phenoxy) is 2. The molecule has 2 fully saturated rings. The van der Waals surface area contributed by atoms with Gasteiger partial charge in [0.1, 0.15) is 0 Å². The van der Waals surface area contributed by atoms with Gasteiger partial charge in [0.25, 0.3) is 5.91 Å². The highest BCUT2D eigenvalue weighted by molar-refractivity contribution is 5.83. The van der Waals surface area contributed by atoms with Crippen LogP contribution in [0.2, 0.25) is 0 Å². The number of amides is 3. The van der Waals surface area contributed by atoms with Crippen molar-refractivity contribution in [3.63, 3.8) is 0 Å². The van der Waals surface area contributed by atoms with Gasteiger partial charge < -0.3 is 29.7 Å². The van der Waals surface area contributed by atoms with Crippen LogP contribution in [-0.4, -0.2) is 83.5 Å². The molecule has 1 aromatic heterocycles. The average molecular weight is 459 g/mol. The number of hydrogen-bond acceptors (Lipinski definition) is 6. The second-order valence-electron chi connectivity index (χ2n) is 7.97. The van der Waals surface area contributed by atoms with Gasteiger partial charge in [0.15, 0.2) is 6.10 Å². The number of pyridine rings is 1. The Balaban J connectivity index is 1.79. The van der Waals surface area contributed by atoms with E-state index in [2.05, 4.69) is 21.6 Å². The van der Waals surface area contributed by atoms with E-state index in [-0.39, 0.29) is 44.2 Å². The summed E-state index contributed by atoms with van der Waals surface area (Å²) in [5, 5.41) is 11.9. The zero-order valence-electron chi connectivity index (χ0n) is 18.9. The molecule has 1 aromatic rings. The first-order valence-corrected chi connectivity index (χ1v) is 10.9. The quantitative estimate of drug-likeness (QED) is 0.614. The highest BCUT2D eigenvalue weighted by Crippen LogP contribution is 2.36. The topological polar surface area (TPSA) is 121 Å². The van der Waals surface area contributed by atoms with Crippen LogP contribution >= 0.6 is 0 Å². The maximum Gasteiger partial charge on any atom is 0.407 e. The molecule has 1 saturated heterocycles. The fourth-order valence-corrected chi connectivity index (χ4v) is 3.76. The number of carbonyl (C=O) groups excluding carboxylic acids is 2. The normalized spacial score (nSPS) is 19.1. The number of hydrogen-bond donors (Lipinski definition) is 2. The van der Waals surface area contributed by atoms with E-state index in [0.29, 0.717) is 11.4 Å². The van der Waals surface area contributed by atoms with Crippen LogP contribution in [0, 0.1) is 0 Å². The van der Waals surface area contributed by atoms with Gasteiger partial charge in [-0.25, -0.2) is 14.6 Å². The van der Waals surface area contributed by atoms with Gasteiger partial charge in [0.2, 0.25) is 0 Å². The van der Waals surface area contributed by atoms with E-state index in [1.165, 1.54) is 12.0 Å². The molecule has 10 nitrogen and oxygen atoms in total. The minimum atomic E-state index is -1.05. The van der Waals surface area contributed by atoms with E-state index in [1.54, 1.807) is 18.2 Å². The molecule has 178 valence electrons. The summed E-state index contributed by atoms with van der Waals surface area (Å²) in [5.41, 5.74) is 2.20. The second kappa shape index (κ2) is 11.0. The van der Waals surface area contributed by atoms with E-state index in [4.69, 9.17) is 4.74 Å². The van der Waals surface area contributed by atoms with Crippen LogP contribution in [0.4, 0.5) is 9.59 Å². The van der Waals surface area contributed by atoms with Crippen molar-refractivity contribution < 1.29 is 29.0 Å². The smallest absolute Gasteiger partial charge is 0.407 e. The fraction of sp³-hybridized carbons (Fsp3) is 0.478. The molecule has 1 aliphatic carbocycles. The third kappa shape index (κ3) is 6.32. The maximum absolute atomic E-state index is 13.4. The molecular formula is C23H30N4O6. The molecule has 2 heterocycles. The summed E-state index contributed by atoms with van der Waals surface area (Å²) in [5.74, 6) is -0.202. The monoisotopic (exact) mass is 458 g/mol. The van der Waals surface area contributed by atoms with E-state index in [0.717, 1.165) is 18.4 Å². The second-order valence-corrected chi connectivity index (χ2v) is 7.97. The molecule has 2 N–H and O–H groups in total. The number of aromatic nitrogens is 1. The lowest BCUT2D eigenvalue weighted by molar-refractivity contribution is -0.151. The van der Waals surface area contributed by atoms with Crippen molar-refractivity contribution in [2.75, 3.05) is 33.4 Å². The van der Waals surface area contributed by atoms with Crippen LogP contribution in [0.25, 0.3) is 12.2 Å². The van der Waals surface area contributed by atoms with Gasteiger partial charge in [-0.3, -0.25) is 4.79 Å². The average Bonchev–Trinajstić information content (AvgIpc) is 3.66. The first-order valence-electron chi connectivity index (χ1n) is 10.9. The van der Waals surface area contributed by atoms with E-state index < -0.39 is 18.3 Å². The number of carboxylic acid groups (broad SMARTS) is 1. The SMILES string of the molecule is C=Cc1cc(C(C)N(C(=O)[C@H]2CN(C(=O)O)CCO2)C2CC2)cc(C=CCNC(=O)OC)n1. The summed E-state index contributed by atoms with van der Waals surface area (Å²) in [7, 11) is 1.30. The van der Waals surface area contributed by atoms with E-state index >= 15 is 0 Å². The molecule has 2 atom stereocenters. The summed E-state index contributed by atoms with van der Waals surface area (Å²) in [4.78, 5) is 43.5. The van der Waals surface area contributed by atoms with Gasteiger partial charge in [-0.15, -0.1) is 0 Å². The summed E-state index contributed by atoms with van der Waals surface area (Å²) in [6, 6.07) is 3.60. The fourth-order valence-electron chi connectivity index (χ4n) is 3.76. The lowest BCUT2D eigenvalue weighted by Gasteiger charge is -2.36. The Kier molecular flexibility index (Phi) is 8.05. The van der Waals surface area contributed by atoms with Crippen LogP contribution in [0.3, 0.4) is 0 Å². The minimum Gasteiger partial charge on any atom is -0.465 e. The number of nitrogens with one attached hydrogen (secondary N) is 1. The zero-order valence-corrected chi connectivity index (χ0v) is 18.9. The van der Waals surface area contributed by atoms with Gasteiger partial charge in [-0.05, 0) is 49.6 Å². The molecule has 1 aliphatic heterocycles. The highest BCUT2D eigenvalue weighted by Gasteiger charge is 2.41. The Morgan fingerprint density at radius 1 is 1.39 bits per heavy atom. The van der Waals surface area contributed by atoms with E-state index in [1.807, 2.05) is 24.0 Å². The maximum atomic E-state index is 13.4. The molecule has 3 rings (SSSR count). The van der Waals surface area contributed by atoms with Crippen molar-refractivity contribution in [3.05, 3.63) is 41.7 Å². The molecule has 0 radical (unpaired) electrons. The van der Waals surface area contributed by atoms with Crippen LogP contribution in [0.15, 0.2) is 24.8 Å². The van der Waals surface area contributed by atoms with Crippen LogP contribution in [0.5, 0.6) is 0 Å². The van der Waals surface area contributed by atoms with Crippen molar-refractivity contribution in [2.24, 2.45) is 0 Å². The summed E-state index contributed by atoms with van der Waals surface area (Å²) >= 11 is 0. The van der Waals surface area contributed by atoms with E-state index in [9.17, 15) is 19.5 Å². The lowest BCUT2D eigenvalue weighted by Crippen LogP contribution is -2.53. The largest absolute Gasteiger partial charge is 0.465 e. The zero-order chi connectivity index (χ0) is 24.0. The first-order chi connectivity index (χ1) is 15.8. The lowest BCUT2D eigenvalue weighted by atomic mass is 10.0. The number of morpholine rings is 1. The number of alkyl carbamates (subject to hydrolysis) is 1. The predicted molar refractivity (Wildman–Crippen MR) is 121 cm³/mol. The molecule has 2 aliphatic rings. The third-order valence-electron chi connectivity index (χ3n) is 5.64. The Hall–Kier alpha value is -3.40. The van der Waals surface area contributed by atoms with Gasteiger partial charge >= 0.3 is 12.2 Å². The molecule has 0 aromatic carbocycles. The van der Waals surface area contributed by atoms with Crippen LogP contribution in [0.1, 0.15) is 42.8 Å². The Bertz CT molecular complexity index is 930. The summed E-state index contributed by atoms with van der Waals surface area (Å²) < 4.78 is 10.2. The number of nitrogens with zero attached hydrogens (tertiary/aromatic N) is 3. The summed E-state index contributed by atoms with van der Waals surface area (Å²) in [6.45, 7) is 6.51. The van der Waals surface area contributed by atoms with Crippen molar-refractivity contribution in [1.82, 2.24) is 20.1 Å². The number of rotatable bonds is 8. The van der Waals surface area contributed by atoms with Crippen molar-refractivity contribution in [3.8, 4) is 0 Å². The van der Waals surface area contributed by atoms with Gasteiger partial charge in [0, 0.05) is 19.1 Å². The van der Waals surface area contributed by atoms with Crippen LogP contribution in [-0.2, 0) is 14.3 Å². The first kappa shape index (κ1) is 24.2. The van der Waals surface area contributed by atoms with Crippen molar-refractivity contribution in [1.29, 1.82) is 0 Å². The number of methoxy groups -OCH3 is 1. The molecule has 0 bridgehead atoms. The van der Waals surface area contributed by atoms with Gasteiger partial charge in [-0.1, -0.05) is 12.7 Å². The molecule has 3 amide bonds. The number of carbonyl (C=O) groups is 3. The Labute approximate surface area is 192 Å². The third-order valence-corrected chi connectivity index (χ3v) is 5.64. The predicted octanol–water partition coefficient (Wildman–Crippen LogP) is 2.52. The van der Waals surface area contributed by atoms with Crippen molar-refractivity contribution >= 4 is 30.2 Å². The Morgan fingerprint density at radius 2 is 2.12 bits per heavy atom. The van der Waals surface area contributed by atoms with Gasteiger partial charge in [-0.2, -0.15) is 0 Å². The highest BCUT2D eigenvalue weighted by atomic mass is 16.5. The van der Waals surface area contributed by atoms with Gasteiger partial charge in [0.05, 0.1) is 37.7 Å². The molecular weight excluding hydrogens is 428 g/mol. The molecule has 1 unspecified atom stereocenters. The molecule has 10 heteroatoms. The van der Waals surface area contributed by atoms with Crippen molar-refractivity contribution in [2.45, 2.75) is 38.0 Å². The molecule has 1 saturated carbocycles. The molecule has 0 spiro atoms. The summed E-state index contributed by atoms with van der Waals surface area (Å²) in [6.07, 6.45) is 4.57.